The van der Waals surface area contributed by atoms with E-state index in [1.54, 1.807) is 0 Å². The molecule has 1 N–H and O–H groups in total. The van der Waals surface area contributed by atoms with E-state index >= 15 is 0 Å². The number of halogens is 1. The van der Waals surface area contributed by atoms with Crippen LogP contribution in [0.4, 0.5) is 0 Å². The summed E-state index contributed by atoms with van der Waals surface area (Å²) in [6, 6.07) is 8.31. The van der Waals surface area contributed by atoms with Crippen LogP contribution in [0.2, 0.25) is 0 Å². The fourth-order valence-electron chi connectivity index (χ4n) is 1.36. The summed E-state index contributed by atoms with van der Waals surface area (Å²) in [5.74, 6) is 0.117. The van der Waals surface area contributed by atoms with Gasteiger partial charge in [0.15, 0.2) is 0 Å². The van der Waals surface area contributed by atoms with Crippen molar-refractivity contribution >= 4 is 21.8 Å². The maximum Gasteiger partial charge on any atom is 0.220 e. The lowest BCUT2D eigenvalue weighted by atomic mass is 10.1. The molecule has 3 heteroatoms. The Kier molecular flexibility index (Phi) is 5.53. The van der Waals surface area contributed by atoms with Crippen LogP contribution in [0.25, 0.3) is 0 Å². The molecule has 0 radical (unpaired) electrons. The van der Waals surface area contributed by atoms with E-state index in [-0.39, 0.29) is 5.91 Å². The van der Waals surface area contributed by atoms with Crippen molar-refractivity contribution in [3.05, 3.63) is 35.4 Å². The lowest BCUT2D eigenvalue weighted by Crippen LogP contribution is -2.28. The monoisotopic (exact) mass is 283 g/mol. The minimum Gasteiger partial charge on any atom is -0.355 e. The normalized spacial score (nSPS) is 12.2. The third-order valence-electron chi connectivity index (χ3n) is 2.34. The topological polar surface area (TPSA) is 29.1 Å². The predicted octanol–water partition coefficient (Wildman–Crippen LogP) is 2.83. The molecule has 0 fully saturated rings. The standard InChI is InChI=1S/C13H18BrNO/c1-10-3-5-12(6-4-10)7-8-13(16)15-9-11(2)14/h3-6,11H,7-9H2,1-2H3,(H,15,16). The zero-order valence-electron chi connectivity index (χ0n) is 9.79. The molecule has 0 bridgehead atoms. The minimum absolute atomic E-state index is 0.117. The first-order valence-electron chi connectivity index (χ1n) is 5.54. The summed E-state index contributed by atoms with van der Waals surface area (Å²) in [4.78, 5) is 11.8. The molecule has 1 aromatic rings. The van der Waals surface area contributed by atoms with E-state index in [1.165, 1.54) is 11.1 Å². The highest BCUT2D eigenvalue weighted by molar-refractivity contribution is 9.09. The molecule has 0 saturated heterocycles. The molecule has 0 aliphatic heterocycles. The van der Waals surface area contributed by atoms with Crippen molar-refractivity contribution < 1.29 is 4.79 Å². The molecule has 1 rings (SSSR count). The number of hydrogen-bond acceptors (Lipinski definition) is 1. The Hall–Kier alpha value is -0.830. The van der Waals surface area contributed by atoms with Crippen molar-refractivity contribution in [2.75, 3.05) is 6.54 Å². The number of amides is 1. The predicted molar refractivity (Wildman–Crippen MR) is 70.9 cm³/mol. The second kappa shape index (κ2) is 6.69. The fraction of sp³-hybridized carbons (Fsp3) is 0.462. The molecule has 0 heterocycles. The van der Waals surface area contributed by atoms with Crippen LogP contribution < -0.4 is 5.32 Å². The third-order valence-corrected chi connectivity index (χ3v) is 2.67. The Labute approximate surface area is 106 Å². The zero-order chi connectivity index (χ0) is 12.0. The average molecular weight is 284 g/mol. The molecule has 0 aliphatic rings. The van der Waals surface area contributed by atoms with Crippen molar-refractivity contribution in [1.29, 1.82) is 0 Å². The van der Waals surface area contributed by atoms with E-state index in [0.29, 0.717) is 17.8 Å². The summed E-state index contributed by atoms with van der Waals surface area (Å²) >= 11 is 3.39. The Balaban J connectivity index is 2.29. The maximum absolute atomic E-state index is 11.5. The molecule has 0 aromatic heterocycles. The first kappa shape index (κ1) is 13.2. The lowest BCUT2D eigenvalue weighted by molar-refractivity contribution is -0.121. The minimum atomic E-state index is 0.117. The van der Waals surface area contributed by atoms with Gasteiger partial charge >= 0.3 is 0 Å². The van der Waals surface area contributed by atoms with Crippen LogP contribution in [0.3, 0.4) is 0 Å². The Morgan fingerprint density at radius 3 is 2.56 bits per heavy atom. The Bertz CT molecular complexity index is 332. The van der Waals surface area contributed by atoms with Gasteiger partial charge in [-0.3, -0.25) is 4.79 Å². The summed E-state index contributed by atoms with van der Waals surface area (Å²) < 4.78 is 0. The van der Waals surface area contributed by atoms with Crippen LogP contribution >= 0.6 is 15.9 Å². The molecule has 1 atom stereocenters. The van der Waals surface area contributed by atoms with Crippen molar-refractivity contribution in [3.63, 3.8) is 0 Å². The van der Waals surface area contributed by atoms with Crippen LogP contribution in [-0.4, -0.2) is 17.3 Å². The highest BCUT2D eigenvalue weighted by atomic mass is 79.9. The van der Waals surface area contributed by atoms with Gasteiger partial charge in [-0.2, -0.15) is 0 Å². The van der Waals surface area contributed by atoms with E-state index in [0.717, 1.165) is 6.42 Å². The molecular formula is C13H18BrNO. The lowest BCUT2D eigenvalue weighted by Gasteiger charge is -2.06. The number of carbonyl (C=O) groups excluding carboxylic acids is 1. The van der Waals surface area contributed by atoms with Crippen molar-refractivity contribution in [2.24, 2.45) is 0 Å². The fourth-order valence-corrected chi connectivity index (χ4v) is 1.52. The van der Waals surface area contributed by atoms with Crippen LogP contribution in [-0.2, 0) is 11.2 Å². The Morgan fingerprint density at radius 1 is 1.38 bits per heavy atom. The number of benzene rings is 1. The van der Waals surface area contributed by atoms with E-state index < -0.39 is 0 Å². The van der Waals surface area contributed by atoms with Crippen LogP contribution in [0.5, 0.6) is 0 Å². The van der Waals surface area contributed by atoms with Gasteiger partial charge in [-0.1, -0.05) is 52.7 Å². The molecule has 0 aliphatic carbocycles. The number of carbonyl (C=O) groups is 1. The van der Waals surface area contributed by atoms with Gasteiger partial charge < -0.3 is 5.32 Å². The molecule has 0 spiro atoms. The molecule has 0 saturated carbocycles. The molecule has 88 valence electrons. The van der Waals surface area contributed by atoms with E-state index in [9.17, 15) is 4.79 Å². The van der Waals surface area contributed by atoms with E-state index in [1.807, 2.05) is 6.92 Å². The quantitative estimate of drug-likeness (QED) is 0.828. The molecule has 1 amide bonds. The maximum atomic E-state index is 11.5. The highest BCUT2D eigenvalue weighted by Crippen LogP contribution is 2.05. The molecule has 2 nitrogen and oxygen atoms in total. The van der Waals surface area contributed by atoms with Gasteiger partial charge in [0.1, 0.15) is 0 Å². The van der Waals surface area contributed by atoms with E-state index in [2.05, 4.69) is 52.4 Å². The summed E-state index contributed by atoms with van der Waals surface area (Å²) in [5, 5.41) is 2.88. The number of hydrogen-bond donors (Lipinski definition) is 1. The zero-order valence-corrected chi connectivity index (χ0v) is 11.4. The molecule has 1 unspecified atom stereocenters. The third kappa shape index (κ3) is 5.31. The van der Waals surface area contributed by atoms with Gasteiger partial charge in [0, 0.05) is 17.8 Å². The summed E-state index contributed by atoms with van der Waals surface area (Å²) in [6.45, 7) is 4.76. The van der Waals surface area contributed by atoms with Crippen molar-refractivity contribution in [2.45, 2.75) is 31.5 Å². The van der Waals surface area contributed by atoms with Gasteiger partial charge in [0.25, 0.3) is 0 Å². The van der Waals surface area contributed by atoms with E-state index in [4.69, 9.17) is 0 Å². The van der Waals surface area contributed by atoms with Crippen molar-refractivity contribution in [1.82, 2.24) is 5.32 Å². The molecule has 1 aromatic carbocycles. The summed E-state index contributed by atoms with van der Waals surface area (Å²) in [6.07, 6.45) is 1.37. The second-order valence-electron chi connectivity index (χ2n) is 4.07. The van der Waals surface area contributed by atoms with Crippen LogP contribution in [0.15, 0.2) is 24.3 Å². The van der Waals surface area contributed by atoms with Gasteiger partial charge in [-0.25, -0.2) is 0 Å². The molecule has 16 heavy (non-hydrogen) atoms. The first-order valence-corrected chi connectivity index (χ1v) is 6.46. The molecular weight excluding hydrogens is 266 g/mol. The van der Waals surface area contributed by atoms with Gasteiger partial charge in [0.05, 0.1) is 0 Å². The van der Waals surface area contributed by atoms with Gasteiger partial charge in [-0.05, 0) is 18.9 Å². The Morgan fingerprint density at radius 2 is 2.00 bits per heavy atom. The number of rotatable bonds is 5. The highest BCUT2D eigenvalue weighted by Gasteiger charge is 2.03. The number of aryl methyl sites for hydroxylation is 2. The summed E-state index contributed by atoms with van der Waals surface area (Å²) in [5.41, 5.74) is 2.47. The van der Waals surface area contributed by atoms with Crippen LogP contribution in [0.1, 0.15) is 24.5 Å². The van der Waals surface area contributed by atoms with Crippen molar-refractivity contribution in [3.8, 4) is 0 Å². The number of alkyl halides is 1. The summed E-state index contributed by atoms with van der Waals surface area (Å²) in [7, 11) is 0. The average Bonchev–Trinajstić information content (AvgIpc) is 2.25. The van der Waals surface area contributed by atoms with Gasteiger partial charge in [-0.15, -0.1) is 0 Å². The SMILES string of the molecule is Cc1ccc(CCC(=O)NCC(C)Br)cc1. The van der Waals surface area contributed by atoms with Gasteiger partial charge in [0.2, 0.25) is 5.91 Å². The second-order valence-corrected chi connectivity index (χ2v) is 5.63. The van der Waals surface area contributed by atoms with Crippen LogP contribution in [0, 0.1) is 6.92 Å². The largest absolute Gasteiger partial charge is 0.355 e. The smallest absolute Gasteiger partial charge is 0.220 e. The number of nitrogens with one attached hydrogen (secondary N) is 1. The first-order chi connectivity index (χ1) is 7.58.